The highest BCUT2D eigenvalue weighted by Gasteiger charge is 2.28. The molecule has 11 nitrogen and oxygen atoms in total. The van der Waals surface area contributed by atoms with Gasteiger partial charge in [0.1, 0.15) is 0 Å². The van der Waals surface area contributed by atoms with Crippen molar-refractivity contribution < 1.29 is 27.1 Å². The third-order valence-corrected chi connectivity index (χ3v) is 8.18. The number of hydrazone groups is 1. The highest BCUT2D eigenvalue weighted by atomic mass is 32.2. The van der Waals surface area contributed by atoms with Crippen molar-refractivity contribution in [3.05, 3.63) is 82.4 Å². The zero-order valence-electron chi connectivity index (χ0n) is 19.1. The first-order valence-corrected chi connectivity index (χ1v) is 13.6. The predicted molar refractivity (Wildman–Crippen MR) is 140 cm³/mol. The Bertz CT molecular complexity index is 1570. The van der Waals surface area contributed by atoms with Crippen LogP contribution in [0, 0.1) is 10.1 Å². The molecule has 0 spiro atoms. The molecule has 1 N–H and O–H groups in total. The van der Waals surface area contributed by atoms with E-state index in [2.05, 4.69) is 15.5 Å². The molecule has 0 bridgehead atoms. The van der Waals surface area contributed by atoms with Gasteiger partial charge >= 0.3 is 10.1 Å². The average molecular weight is 559 g/mol. The standard InChI is InChI=1S/C23H18N4O7S3/c1-33-19-12-15(10-11-18(19)34-37(31,32)21-9-5-3-7-17(21)27(29)30)13-24-26-22(28)14-35-23-25-16-6-2-4-8-20(16)36-23/h2-13H,14H2,1H3,(H,26,28)/b24-13-. The molecule has 14 heteroatoms. The summed E-state index contributed by atoms with van der Waals surface area (Å²) in [6.45, 7) is 0. The monoisotopic (exact) mass is 558 g/mol. The quantitative estimate of drug-likeness (QED) is 0.0992. The van der Waals surface area contributed by atoms with Gasteiger partial charge in [0.25, 0.3) is 11.6 Å². The van der Waals surface area contributed by atoms with Crippen LogP contribution in [0.4, 0.5) is 5.69 Å². The molecule has 0 aliphatic heterocycles. The number of fused-ring (bicyclic) bond motifs is 1. The first kappa shape index (κ1) is 26.1. The van der Waals surface area contributed by atoms with Crippen LogP contribution in [0.1, 0.15) is 5.56 Å². The van der Waals surface area contributed by atoms with Crippen LogP contribution in [-0.4, -0.2) is 43.3 Å². The van der Waals surface area contributed by atoms with Gasteiger partial charge in [-0.25, -0.2) is 10.4 Å². The third-order valence-electron chi connectivity index (χ3n) is 4.72. The zero-order chi connectivity index (χ0) is 26.4. The topological polar surface area (TPSA) is 150 Å². The van der Waals surface area contributed by atoms with Gasteiger partial charge in [0, 0.05) is 6.07 Å². The van der Waals surface area contributed by atoms with Crippen molar-refractivity contribution in [2.45, 2.75) is 9.24 Å². The van der Waals surface area contributed by atoms with E-state index in [4.69, 9.17) is 8.92 Å². The number of hydrogen-bond donors (Lipinski definition) is 1. The summed E-state index contributed by atoms with van der Waals surface area (Å²) in [4.78, 5) is 26.4. The molecule has 3 aromatic carbocycles. The second-order valence-electron chi connectivity index (χ2n) is 7.20. The molecular weight excluding hydrogens is 540 g/mol. The SMILES string of the molecule is COc1cc(/C=N\NC(=O)CSc2nc3ccccc3s2)ccc1OS(=O)(=O)c1ccccc1[N+](=O)[O-]. The summed E-state index contributed by atoms with van der Waals surface area (Å²) in [6.07, 6.45) is 1.35. The molecule has 37 heavy (non-hydrogen) atoms. The van der Waals surface area contributed by atoms with Gasteiger partial charge in [-0.15, -0.1) is 11.3 Å². The van der Waals surface area contributed by atoms with Crippen molar-refractivity contribution in [3.8, 4) is 11.5 Å². The van der Waals surface area contributed by atoms with Crippen molar-refractivity contribution in [2.75, 3.05) is 12.9 Å². The number of thioether (sulfide) groups is 1. The molecule has 4 rings (SSSR count). The molecule has 0 saturated carbocycles. The number of methoxy groups -OCH3 is 1. The van der Waals surface area contributed by atoms with Gasteiger partial charge in [0.15, 0.2) is 20.7 Å². The Morgan fingerprint density at radius 3 is 2.68 bits per heavy atom. The first-order chi connectivity index (χ1) is 17.8. The Kier molecular flexibility index (Phi) is 8.01. The third kappa shape index (κ3) is 6.41. The van der Waals surface area contributed by atoms with Crippen LogP contribution in [0.2, 0.25) is 0 Å². The molecule has 0 radical (unpaired) electrons. The average Bonchev–Trinajstić information content (AvgIpc) is 3.31. The van der Waals surface area contributed by atoms with Gasteiger partial charge in [0.2, 0.25) is 0 Å². The summed E-state index contributed by atoms with van der Waals surface area (Å²) in [5, 5.41) is 15.1. The Balaban J connectivity index is 1.39. The maximum Gasteiger partial charge on any atom is 0.346 e. The molecule has 0 aliphatic carbocycles. The van der Waals surface area contributed by atoms with Crippen LogP contribution in [0.5, 0.6) is 11.5 Å². The fourth-order valence-electron chi connectivity index (χ4n) is 3.07. The minimum Gasteiger partial charge on any atom is -0.493 e. The molecular formula is C23H18N4O7S3. The van der Waals surface area contributed by atoms with Crippen LogP contribution < -0.4 is 14.3 Å². The molecule has 4 aromatic rings. The van der Waals surface area contributed by atoms with Crippen molar-refractivity contribution in [1.29, 1.82) is 0 Å². The fourth-order valence-corrected chi connectivity index (χ4v) is 6.04. The van der Waals surface area contributed by atoms with E-state index in [-0.39, 0.29) is 23.2 Å². The van der Waals surface area contributed by atoms with Gasteiger partial charge in [-0.1, -0.05) is 36.0 Å². The number of amides is 1. The lowest BCUT2D eigenvalue weighted by Gasteiger charge is -2.11. The Morgan fingerprint density at radius 2 is 1.92 bits per heavy atom. The maximum absolute atomic E-state index is 12.7. The summed E-state index contributed by atoms with van der Waals surface area (Å²) >= 11 is 2.80. The number of thiazole rings is 1. The van der Waals surface area contributed by atoms with Gasteiger partial charge in [-0.05, 0) is 42.0 Å². The molecule has 0 fully saturated rings. The summed E-state index contributed by atoms with van der Waals surface area (Å²) in [5.41, 5.74) is 3.17. The molecule has 190 valence electrons. The largest absolute Gasteiger partial charge is 0.493 e. The van der Waals surface area contributed by atoms with E-state index in [1.807, 2.05) is 24.3 Å². The summed E-state index contributed by atoms with van der Waals surface area (Å²) in [7, 11) is -3.21. The maximum atomic E-state index is 12.7. The second kappa shape index (κ2) is 11.4. The second-order valence-corrected chi connectivity index (χ2v) is 11.0. The summed E-state index contributed by atoms with van der Waals surface area (Å²) in [5.74, 6) is -0.336. The number of carbonyl (C=O) groups is 1. The number of aromatic nitrogens is 1. The number of benzene rings is 3. The van der Waals surface area contributed by atoms with E-state index < -0.39 is 25.6 Å². The van der Waals surface area contributed by atoms with Crippen molar-refractivity contribution in [1.82, 2.24) is 10.4 Å². The van der Waals surface area contributed by atoms with E-state index >= 15 is 0 Å². The van der Waals surface area contributed by atoms with Crippen LogP contribution >= 0.6 is 23.1 Å². The van der Waals surface area contributed by atoms with Gasteiger partial charge in [-0.2, -0.15) is 13.5 Å². The van der Waals surface area contributed by atoms with Crippen LogP contribution in [0.3, 0.4) is 0 Å². The highest BCUT2D eigenvalue weighted by molar-refractivity contribution is 8.01. The van der Waals surface area contributed by atoms with Crippen LogP contribution in [0.15, 0.2) is 81.1 Å². The minimum absolute atomic E-state index is 0.0452. The van der Waals surface area contributed by atoms with Crippen molar-refractivity contribution in [2.24, 2.45) is 5.10 Å². The Morgan fingerprint density at radius 1 is 1.16 bits per heavy atom. The Hall–Kier alpha value is -4.01. The van der Waals surface area contributed by atoms with Crippen molar-refractivity contribution in [3.63, 3.8) is 0 Å². The van der Waals surface area contributed by atoms with Crippen LogP contribution in [0.25, 0.3) is 10.2 Å². The number of nitrogens with one attached hydrogen (secondary N) is 1. The van der Waals surface area contributed by atoms with Crippen molar-refractivity contribution >= 4 is 61.2 Å². The molecule has 1 heterocycles. The van der Waals surface area contributed by atoms with Gasteiger partial charge in [0.05, 0.1) is 34.2 Å². The van der Waals surface area contributed by atoms with Gasteiger partial charge in [-0.3, -0.25) is 14.9 Å². The van der Waals surface area contributed by atoms with E-state index in [1.54, 1.807) is 0 Å². The summed E-state index contributed by atoms with van der Waals surface area (Å²) < 4.78 is 37.5. The molecule has 0 unspecified atom stereocenters. The number of hydrogen-bond acceptors (Lipinski definition) is 11. The molecule has 1 aromatic heterocycles. The first-order valence-electron chi connectivity index (χ1n) is 10.4. The number of nitrogens with zero attached hydrogens (tertiary/aromatic N) is 3. The number of nitro groups is 1. The van der Waals surface area contributed by atoms with E-state index in [0.717, 1.165) is 26.7 Å². The van der Waals surface area contributed by atoms with E-state index in [1.165, 1.54) is 66.8 Å². The summed E-state index contributed by atoms with van der Waals surface area (Å²) in [6, 6.07) is 16.8. The zero-order valence-corrected chi connectivity index (χ0v) is 21.5. The fraction of sp³-hybridized carbons (Fsp3) is 0.0870. The molecule has 0 saturated heterocycles. The minimum atomic E-state index is -4.52. The smallest absolute Gasteiger partial charge is 0.346 e. The van der Waals surface area contributed by atoms with Gasteiger partial charge < -0.3 is 8.92 Å². The van der Waals surface area contributed by atoms with E-state index in [0.29, 0.717) is 5.56 Å². The lowest BCUT2D eigenvalue weighted by Crippen LogP contribution is -2.19. The molecule has 0 atom stereocenters. The number of para-hydroxylation sites is 2. The Labute approximate surface area is 219 Å². The number of rotatable bonds is 10. The number of carbonyl (C=O) groups excluding carboxylic acids is 1. The predicted octanol–water partition coefficient (Wildman–Crippen LogP) is 4.22. The van der Waals surface area contributed by atoms with E-state index in [9.17, 15) is 23.3 Å². The van der Waals surface area contributed by atoms with Crippen LogP contribution in [-0.2, 0) is 14.9 Å². The number of nitro benzene ring substituents is 1. The molecule has 1 amide bonds. The number of ether oxygens (including phenoxy) is 1. The molecule has 0 aliphatic rings. The normalized spacial score (nSPS) is 11.5. The lowest BCUT2D eigenvalue weighted by molar-refractivity contribution is -0.387. The lowest BCUT2D eigenvalue weighted by atomic mass is 10.2. The highest BCUT2D eigenvalue weighted by Crippen LogP contribution is 2.33.